The third kappa shape index (κ3) is 12.7. The predicted molar refractivity (Wildman–Crippen MR) is 249 cm³/mol. The van der Waals surface area contributed by atoms with Gasteiger partial charge in [-0.1, -0.05) is 22.4 Å². The molecule has 2 aromatic heterocycles. The molecule has 0 amide bonds. The number of nitrogens with zero attached hydrogens (tertiary/aromatic N) is 4. The molecule has 0 spiro atoms. The van der Waals surface area contributed by atoms with Crippen LogP contribution in [0.3, 0.4) is 0 Å². The molecule has 66 heavy (non-hydrogen) atoms. The highest BCUT2D eigenvalue weighted by Gasteiger charge is 2.23. The molecule has 6 rings (SSSR count). The molecule has 20 heteroatoms. The van der Waals surface area contributed by atoms with Crippen LogP contribution in [0.5, 0.6) is 0 Å². The monoisotopic (exact) mass is 942 g/mol. The Bertz CT molecular complexity index is 2660. The number of benzene rings is 4. The third-order valence-corrected chi connectivity index (χ3v) is 12.4. The highest BCUT2D eigenvalue weighted by molar-refractivity contribution is 7.26. The molecule has 0 aliphatic heterocycles. The molecule has 18 nitrogen and oxygen atoms in total. The SMILES string of the molecule is COCC(C)OC(=O)CCCCC(=O)O/N=C(/C(=N/OC(=O)CCCCC(=O)OC(C)COC)c1ccc2sc3ccc([N+](=O)[O-])cc3c2c1)c1ccc2sc3ccc([N+](=O)[O-])cc3c2c1. The number of oxime groups is 2. The van der Waals surface area contributed by atoms with E-state index in [1.54, 1.807) is 62.4 Å². The number of hydrogen-bond acceptors (Lipinski definition) is 18. The second kappa shape index (κ2) is 22.9. The van der Waals surface area contributed by atoms with E-state index in [0.29, 0.717) is 45.5 Å². The summed E-state index contributed by atoms with van der Waals surface area (Å²) in [5.41, 5.74) is 0.313. The van der Waals surface area contributed by atoms with Crippen LogP contribution in [0.25, 0.3) is 40.3 Å². The van der Waals surface area contributed by atoms with Gasteiger partial charge < -0.3 is 28.6 Å². The molecule has 0 aliphatic carbocycles. The van der Waals surface area contributed by atoms with E-state index in [2.05, 4.69) is 10.3 Å². The zero-order valence-electron chi connectivity index (χ0n) is 36.5. The number of esters is 2. The van der Waals surface area contributed by atoms with Gasteiger partial charge in [-0.2, -0.15) is 0 Å². The third-order valence-electron chi connectivity index (χ3n) is 10.1. The van der Waals surface area contributed by atoms with Crippen molar-refractivity contribution in [2.75, 3.05) is 27.4 Å². The Balaban J connectivity index is 1.37. The van der Waals surface area contributed by atoms with Gasteiger partial charge in [0.15, 0.2) is 0 Å². The largest absolute Gasteiger partial charge is 0.460 e. The number of carbonyl (C=O) groups excluding carboxylic acids is 4. The number of unbranched alkanes of at least 4 members (excludes halogenated alkanes) is 2. The Morgan fingerprint density at radius 2 is 0.864 bits per heavy atom. The number of ether oxygens (including phenoxy) is 4. The number of hydrogen-bond donors (Lipinski definition) is 0. The minimum Gasteiger partial charge on any atom is -0.460 e. The Morgan fingerprint density at radius 1 is 0.530 bits per heavy atom. The van der Waals surface area contributed by atoms with Crippen molar-refractivity contribution < 1.29 is 57.6 Å². The van der Waals surface area contributed by atoms with Gasteiger partial charge in [-0.05, 0) is 75.9 Å². The van der Waals surface area contributed by atoms with E-state index in [4.69, 9.17) is 28.6 Å². The summed E-state index contributed by atoms with van der Waals surface area (Å²) in [6.45, 7) is 3.89. The van der Waals surface area contributed by atoms with Gasteiger partial charge in [-0.15, -0.1) is 22.7 Å². The van der Waals surface area contributed by atoms with E-state index in [1.807, 2.05) is 0 Å². The maximum absolute atomic E-state index is 13.3. The van der Waals surface area contributed by atoms with E-state index in [1.165, 1.54) is 61.2 Å². The molecular formula is C46H46N4O14S2. The van der Waals surface area contributed by atoms with Crippen LogP contribution in [0.1, 0.15) is 76.3 Å². The van der Waals surface area contributed by atoms with Crippen LogP contribution in [0, 0.1) is 20.2 Å². The molecule has 4 aromatic carbocycles. The number of non-ortho nitro benzene ring substituents is 2. The predicted octanol–water partition coefficient (Wildman–Crippen LogP) is 9.71. The molecule has 2 atom stereocenters. The summed E-state index contributed by atoms with van der Waals surface area (Å²) in [4.78, 5) is 84.7. The minimum absolute atomic E-state index is 0.0590. The van der Waals surface area contributed by atoms with E-state index in [9.17, 15) is 39.4 Å². The molecule has 6 aromatic rings. The van der Waals surface area contributed by atoms with E-state index in [-0.39, 0.29) is 74.5 Å². The molecule has 0 saturated carbocycles. The van der Waals surface area contributed by atoms with Gasteiger partial charge in [0.1, 0.15) is 23.6 Å². The van der Waals surface area contributed by atoms with Crippen molar-refractivity contribution in [2.45, 2.75) is 77.4 Å². The van der Waals surface area contributed by atoms with Crippen molar-refractivity contribution in [3.8, 4) is 0 Å². The highest BCUT2D eigenvalue weighted by Crippen LogP contribution is 2.38. The van der Waals surface area contributed by atoms with Gasteiger partial charge in [0.2, 0.25) is 0 Å². The van der Waals surface area contributed by atoms with Gasteiger partial charge in [0.25, 0.3) is 11.4 Å². The van der Waals surface area contributed by atoms with E-state index >= 15 is 0 Å². The number of nitro benzene ring substituents is 2. The quantitative estimate of drug-likeness (QED) is 0.0145. The topological polar surface area (TPSA) is 235 Å². The summed E-state index contributed by atoms with van der Waals surface area (Å²) in [7, 11) is 3.00. The zero-order chi connectivity index (χ0) is 47.3. The lowest BCUT2D eigenvalue weighted by Crippen LogP contribution is -2.20. The first-order valence-electron chi connectivity index (χ1n) is 20.9. The summed E-state index contributed by atoms with van der Waals surface area (Å²) in [5.74, 6) is -2.37. The number of rotatable bonds is 23. The number of fused-ring (bicyclic) bond motifs is 6. The van der Waals surface area contributed by atoms with E-state index < -0.39 is 45.9 Å². The van der Waals surface area contributed by atoms with Crippen LogP contribution in [-0.4, -0.2) is 84.8 Å². The Kier molecular flexibility index (Phi) is 16.9. The smallest absolute Gasteiger partial charge is 0.335 e. The van der Waals surface area contributed by atoms with Crippen molar-refractivity contribution in [1.82, 2.24) is 0 Å². The molecule has 2 heterocycles. The maximum Gasteiger partial charge on any atom is 0.335 e. The summed E-state index contributed by atoms with van der Waals surface area (Å²) in [6, 6.07) is 19.5. The number of nitro groups is 2. The van der Waals surface area contributed by atoms with Crippen LogP contribution in [0.15, 0.2) is 83.1 Å². The van der Waals surface area contributed by atoms with E-state index in [0.717, 1.165) is 18.8 Å². The Morgan fingerprint density at radius 3 is 1.21 bits per heavy atom. The molecule has 0 aliphatic rings. The first-order valence-corrected chi connectivity index (χ1v) is 22.5. The standard InChI is InChI=1S/C46H46N4O14S2/c1-27(25-59-3)61-41(51)9-5-7-11-43(53)63-47-45(29-13-17-37-33(21-29)35-23-31(49(55)56)15-19-39(35)65-37)46(48-64-44(54)12-8-6-10-42(52)62-28(2)26-60-4)30-14-18-38-34(22-30)36-24-32(50(57)58)16-20-40(36)66-38/h13-24,27-28H,5-12,25-26H2,1-4H3/b47-45+,48-46+. The van der Waals surface area contributed by atoms with Gasteiger partial charge in [-0.3, -0.25) is 29.8 Å². The summed E-state index contributed by atoms with van der Waals surface area (Å²) in [6.07, 6.45) is 0.184. The first kappa shape index (κ1) is 48.7. The van der Waals surface area contributed by atoms with Gasteiger partial charge >= 0.3 is 23.9 Å². The molecule has 0 bridgehead atoms. The normalized spacial score (nSPS) is 12.9. The second-order valence-corrected chi connectivity index (χ2v) is 17.4. The average Bonchev–Trinajstić information content (AvgIpc) is 3.84. The van der Waals surface area contributed by atoms with Crippen LogP contribution in [0.2, 0.25) is 0 Å². The zero-order valence-corrected chi connectivity index (χ0v) is 38.1. The molecule has 0 fully saturated rings. The van der Waals surface area contributed by atoms with Gasteiger partial charge in [0.05, 0.1) is 23.1 Å². The number of thiophene rings is 2. The molecular weight excluding hydrogens is 897 g/mol. The lowest BCUT2D eigenvalue weighted by atomic mass is 9.97. The molecule has 2 unspecified atom stereocenters. The number of methoxy groups -OCH3 is 2. The van der Waals surface area contributed by atoms with Crippen molar-refractivity contribution in [3.05, 3.63) is 104 Å². The van der Waals surface area contributed by atoms with Crippen LogP contribution in [-0.2, 0) is 47.8 Å². The fourth-order valence-corrected chi connectivity index (χ4v) is 9.12. The van der Waals surface area contributed by atoms with Gasteiger partial charge in [-0.25, -0.2) is 9.59 Å². The van der Waals surface area contributed by atoms with Crippen molar-refractivity contribution in [2.24, 2.45) is 10.3 Å². The van der Waals surface area contributed by atoms with Crippen molar-refractivity contribution in [3.63, 3.8) is 0 Å². The average molecular weight is 943 g/mol. The lowest BCUT2D eigenvalue weighted by molar-refractivity contribution is -0.384. The molecule has 0 radical (unpaired) electrons. The summed E-state index contributed by atoms with van der Waals surface area (Å²) in [5, 5.41) is 34.6. The second-order valence-electron chi connectivity index (χ2n) is 15.2. The van der Waals surface area contributed by atoms with Crippen LogP contribution < -0.4 is 0 Å². The summed E-state index contributed by atoms with van der Waals surface area (Å²) >= 11 is 2.83. The minimum atomic E-state index is -0.746. The summed E-state index contributed by atoms with van der Waals surface area (Å²) < 4.78 is 23.7. The first-order chi connectivity index (χ1) is 31.7. The Hall–Kier alpha value is -6.74. The fraction of sp³-hybridized carbons (Fsp3) is 0.348. The molecule has 0 saturated heterocycles. The van der Waals surface area contributed by atoms with Gasteiger partial charge in [0, 0.05) is 116 Å². The van der Waals surface area contributed by atoms with Crippen molar-refractivity contribution >= 4 is 110 Å². The fourth-order valence-electron chi connectivity index (χ4n) is 6.98. The lowest BCUT2D eigenvalue weighted by Gasteiger charge is -2.12. The maximum atomic E-state index is 13.3. The molecule has 346 valence electrons. The van der Waals surface area contributed by atoms with Crippen molar-refractivity contribution in [1.29, 1.82) is 0 Å². The number of carbonyl (C=O) groups is 4. The Labute approximate surface area is 385 Å². The van der Waals surface area contributed by atoms with Crippen LogP contribution in [0.4, 0.5) is 11.4 Å². The highest BCUT2D eigenvalue weighted by atomic mass is 32.1. The van der Waals surface area contributed by atoms with Crippen LogP contribution >= 0.6 is 22.7 Å². The molecule has 0 N–H and O–H groups in total.